The Morgan fingerprint density at radius 2 is 1.11 bits per heavy atom. The minimum Gasteiger partial charge on any atom is -1.00 e. The average Bonchev–Trinajstić information content (AvgIpc) is 2.02. The molecular weight excluding hydrogens is 485 g/mol. The first-order valence-electron chi connectivity index (χ1n) is 5.46. The molecule has 0 heterocycles. The molecule has 0 aromatic carbocycles. The van der Waals surface area contributed by atoms with E-state index in [9.17, 15) is 8.78 Å². The third-order valence-corrected chi connectivity index (χ3v) is 9.53. The fourth-order valence-electron chi connectivity index (χ4n) is 2.59. The number of hydrogen-bond donors (Lipinski definition) is 0. The van der Waals surface area contributed by atoms with Gasteiger partial charge in [-0.1, -0.05) is 41.5 Å². The summed E-state index contributed by atoms with van der Waals surface area (Å²) in [5.41, 5.74) is 4.15. The minimum absolute atomic E-state index is 0. The van der Waals surface area contributed by atoms with E-state index in [2.05, 4.69) is 47.1 Å². The summed E-state index contributed by atoms with van der Waals surface area (Å²) >= 11 is 0. The van der Waals surface area contributed by atoms with Crippen molar-refractivity contribution >= 4 is 33.9 Å². The van der Waals surface area contributed by atoms with Crippen LogP contribution >= 0.6 is 0 Å². The Labute approximate surface area is 151 Å². The van der Waals surface area contributed by atoms with Gasteiger partial charge in [0, 0.05) is 25.8 Å². The zero-order chi connectivity index (χ0) is 12.2. The Kier molecular flexibility index (Phi) is 18.8. The van der Waals surface area contributed by atoms with Crippen LogP contribution in [-0.2, 0) is 0 Å². The van der Waals surface area contributed by atoms with Crippen LogP contribution in [-0.4, -0.2) is 33.9 Å². The predicted octanol–water partition coefficient (Wildman–Crippen LogP) is -1.74. The molecule has 18 heavy (non-hydrogen) atoms. The second-order valence-electron chi connectivity index (χ2n) is 4.91. The van der Waals surface area contributed by atoms with E-state index in [1.165, 1.54) is 0 Å². The molecule has 0 saturated carbocycles. The van der Waals surface area contributed by atoms with E-state index in [1.54, 1.807) is 0 Å². The molecule has 106 valence electrons. The molecule has 0 rings (SSSR count). The van der Waals surface area contributed by atoms with Gasteiger partial charge in [-0.05, 0) is 22.5 Å². The fraction of sp³-hybridized carbons (Fsp3) is 0.750. The van der Waals surface area contributed by atoms with Gasteiger partial charge in [0.1, 0.15) is 8.07 Å². The van der Waals surface area contributed by atoms with Crippen LogP contribution < -0.4 is 34.0 Å². The molecule has 0 fully saturated rings. The van der Waals surface area contributed by atoms with E-state index in [4.69, 9.17) is 0 Å². The van der Waals surface area contributed by atoms with Crippen LogP contribution in [0.1, 0.15) is 41.5 Å². The van der Waals surface area contributed by atoms with E-state index >= 15 is 0 Å². The van der Waals surface area contributed by atoms with Crippen LogP contribution in [0.5, 0.6) is 0 Å². The molecule has 0 spiro atoms. The van der Waals surface area contributed by atoms with Gasteiger partial charge in [-0.2, -0.15) is 8.78 Å². The molecule has 0 amide bonds. The van der Waals surface area contributed by atoms with Gasteiger partial charge in [0.15, 0.2) is 0 Å². The maximum absolute atomic E-state index is 12.1. The third kappa shape index (κ3) is 7.30. The van der Waals surface area contributed by atoms with Crippen molar-refractivity contribution in [2.45, 2.75) is 58.2 Å². The Bertz CT molecular complexity index is 239. The molecule has 0 saturated heterocycles. The van der Waals surface area contributed by atoms with Crippen molar-refractivity contribution < 1.29 is 42.7 Å². The Morgan fingerprint density at radius 1 is 0.833 bits per heavy atom. The topological polar surface area (TPSA) is 0 Å². The monoisotopic (exact) mass is 504 g/mol. The van der Waals surface area contributed by atoms with E-state index in [1.807, 2.05) is 5.92 Å². The number of halogens is 4. The first kappa shape index (κ1) is 27.8. The molecule has 0 aliphatic heterocycles. The van der Waals surface area contributed by atoms with E-state index in [0.29, 0.717) is 16.6 Å². The van der Waals surface area contributed by atoms with Crippen molar-refractivity contribution in [3.05, 3.63) is 6.43 Å². The molecule has 0 unspecified atom stereocenters. The van der Waals surface area contributed by atoms with E-state index in [0.717, 1.165) is 0 Å². The summed E-state index contributed by atoms with van der Waals surface area (Å²) in [5, 5.41) is 0. The molecule has 4 radical (unpaired) electrons. The predicted molar refractivity (Wildman–Crippen MR) is 70.0 cm³/mol. The van der Waals surface area contributed by atoms with Gasteiger partial charge in [-0.3, -0.25) is 0 Å². The van der Waals surface area contributed by atoms with Crippen molar-refractivity contribution in [3.63, 3.8) is 0 Å². The first-order chi connectivity index (χ1) is 6.75. The zero-order valence-electron chi connectivity index (χ0n) is 11.8. The van der Waals surface area contributed by atoms with Crippen LogP contribution in [0.4, 0.5) is 8.78 Å². The molecular formula is C12H21Br2F2InSi-2. The minimum atomic E-state index is -1.95. The van der Waals surface area contributed by atoms with Crippen molar-refractivity contribution in [1.82, 2.24) is 0 Å². The average molecular weight is 506 g/mol. The van der Waals surface area contributed by atoms with Gasteiger partial charge in [-0.15, -0.1) is 5.54 Å². The van der Waals surface area contributed by atoms with Crippen LogP contribution in [0.3, 0.4) is 0 Å². The Morgan fingerprint density at radius 3 is 1.28 bits per heavy atom. The SMILES string of the molecule is CC(C)[Si](C#C[C](F)F)(C(C)C)C(C)C.[Br-].[Br-].[In]. The first-order valence-corrected chi connectivity index (χ1v) is 7.69. The quantitative estimate of drug-likeness (QED) is 0.316. The molecule has 0 aliphatic rings. The molecule has 0 N–H and O–H groups in total. The molecule has 0 nitrogen and oxygen atoms in total. The van der Waals surface area contributed by atoms with Gasteiger partial charge >= 0.3 is 6.43 Å². The molecule has 6 heteroatoms. The van der Waals surface area contributed by atoms with Gasteiger partial charge in [0.25, 0.3) is 0 Å². The second-order valence-corrected chi connectivity index (χ2v) is 10.5. The summed E-state index contributed by atoms with van der Waals surface area (Å²) in [7, 11) is -1.95. The Balaban J connectivity index is -0.000000327. The molecule has 0 aromatic rings. The normalized spacial score (nSPS) is 10.4. The second kappa shape index (κ2) is 12.2. The van der Waals surface area contributed by atoms with Crippen LogP contribution in [0.25, 0.3) is 0 Å². The number of rotatable bonds is 3. The van der Waals surface area contributed by atoms with Crippen molar-refractivity contribution in [1.29, 1.82) is 0 Å². The Hall–Kier alpha value is 1.47. The fourth-order valence-corrected chi connectivity index (χ4v) is 7.77. The van der Waals surface area contributed by atoms with E-state index < -0.39 is 14.5 Å². The van der Waals surface area contributed by atoms with Crippen molar-refractivity contribution in [3.8, 4) is 11.5 Å². The smallest absolute Gasteiger partial charge is 0.381 e. The molecule has 0 bridgehead atoms. The summed E-state index contributed by atoms with van der Waals surface area (Å²) in [6.45, 7) is 12.6. The molecule has 0 aromatic heterocycles. The summed E-state index contributed by atoms with van der Waals surface area (Å²) in [4.78, 5) is 0. The third-order valence-electron chi connectivity index (χ3n) is 3.24. The summed E-state index contributed by atoms with van der Waals surface area (Å²) in [5.74, 6) is 2.03. The summed E-state index contributed by atoms with van der Waals surface area (Å²) in [6, 6.07) is 0. The zero-order valence-corrected chi connectivity index (χ0v) is 19.3. The number of hydrogen-bond acceptors (Lipinski definition) is 0. The van der Waals surface area contributed by atoms with Gasteiger partial charge in [0.05, 0.1) is 0 Å². The van der Waals surface area contributed by atoms with Gasteiger partial charge in [0.2, 0.25) is 0 Å². The van der Waals surface area contributed by atoms with Crippen LogP contribution in [0, 0.1) is 17.9 Å². The van der Waals surface area contributed by atoms with E-state index in [-0.39, 0.29) is 59.8 Å². The van der Waals surface area contributed by atoms with Crippen LogP contribution in [0.2, 0.25) is 16.6 Å². The summed E-state index contributed by atoms with van der Waals surface area (Å²) < 4.78 is 24.2. The molecule has 0 aliphatic carbocycles. The molecule has 0 atom stereocenters. The van der Waals surface area contributed by atoms with Gasteiger partial charge < -0.3 is 34.0 Å². The largest absolute Gasteiger partial charge is 1.00 e. The van der Waals surface area contributed by atoms with Gasteiger partial charge in [-0.25, -0.2) is 0 Å². The maximum Gasteiger partial charge on any atom is 0.381 e. The summed E-state index contributed by atoms with van der Waals surface area (Å²) in [6.07, 6.45) is -1.76. The van der Waals surface area contributed by atoms with Crippen molar-refractivity contribution in [2.24, 2.45) is 0 Å². The van der Waals surface area contributed by atoms with Crippen molar-refractivity contribution in [2.75, 3.05) is 0 Å². The standard InChI is InChI=1S/C12H21F2Si.2BrH.In/c1-9(2)15(10(3)4,11(5)6)8-7-12(13)14;;;/h9-11H,1-6H3;2*1H;/p-2. The van der Waals surface area contributed by atoms with Crippen LogP contribution in [0.15, 0.2) is 0 Å². The maximum atomic E-state index is 12.1.